The molecule has 0 aliphatic rings. The first-order valence-corrected chi connectivity index (χ1v) is 6.33. The van der Waals surface area contributed by atoms with Gasteiger partial charge >= 0.3 is 0 Å². The fraction of sp³-hybridized carbons (Fsp3) is 0.364. The van der Waals surface area contributed by atoms with Crippen molar-refractivity contribution in [2.24, 2.45) is 11.1 Å². The van der Waals surface area contributed by atoms with Crippen molar-refractivity contribution in [3.8, 4) is 0 Å². The Morgan fingerprint density at radius 2 is 2.29 bits per heavy atom. The molecule has 1 unspecified atom stereocenters. The summed E-state index contributed by atoms with van der Waals surface area (Å²) in [5, 5.41) is 2.70. The Bertz CT molecular complexity index is 435. The van der Waals surface area contributed by atoms with Gasteiger partial charge in [-0.15, -0.1) is 0 Å². The molecule has 0 bridgehead atoms. The van der Waals surface area contributed by atoms with Crippen LogP contribution < -0.4 is 11.1 Å². The monoisotopic (exact) mass is 315 g/mol. The quantitative estimate of drug-likeness (QED) is 0.838. The van der Waals surface area contributed by atoms with E-state index in [0.717, 1.165) is 4.47 Å². The van der Waals surface area contributed by atoms with E-state index in [0.29, 0.717) is 12.2 Å². The van der Waals surface area contributed by atoms with E-state index in [1.54, 1.807) is 25.3 Å². The Hall–Kier alpha value is -1.01. The van der Waals surface area contributed by atoms with Crippen molar-refractivity contribution in [2.75, 3.05) is 5.32 Å². The second-order valence-electron chi connectivity index (χ2n) is 3.87. The number of pyridine rings is 1. The number of anilines is 1. The Morgan fingerprint density at radius 3 is 2.71 bits per heavy atom. The third kappa shape index (κ3) is 3.23. The van der Waals surface area contributed by atoms with Gasteiger partial charge in [-0.05, 0) is 41.4 Å². The molecule has 0 fully saturated rings. The fourth-order valence-electron chi connectivity index (χ4n) is 1.15. The van der Waals surface area contributed by atoms with Crippen LogP contribution in [-0.4, -0.2) is 15.9 Å². The Morgan fingerprint density at radius 1 is 1.65 bits per heavy atom. The summed E-state index contributed by atoms with van der Waals surface area (Å²) in [6, 6.07) is 3.50. The molecule has 3 N–H and O–H groups in total. The summed E-state index contributed by atoms with van der Waals surface area (Å²) in [6.07, 6.45) is 2.16. The summed E-state index contributed by atoms with van der Waals surface area (Å²) in [4.78, 5) is 16.3. The van der Waals surface area contributed by atoms with Gasteiger partial charge in [0.1, 0.15) is 5.82 Å². The number of hydrogen-bond donors (Lipinski definition) is 2. The van der Waals surface area contributed by atoms with Crippen molar-refractivity contribution in [1.82, 2.24) is 4.98 Å². The van der Waals surface area contributed by atoms with Crippen molar-refractivity contribution < 1.29 is 4.79 Å². The molecular weight excluding hydrogens is 302 g/mol. The van der Waals surface area contributed by atoms with Gasteiger partial charge < -0.3 is 11.1 Å². The summed E-state index contributed by atoms with van der Waals surface area (Å²) in [5.74, 6) is 0.247. The number of nitrogens with zero attached hydrogens (tertiary/aromatic N) is 1. The highest BCUT2D eigenvalue weighted by Crippen LogP contribution is 2.23. The minimum atomic E-state index is -0.843. The maximum atomic E-state index is 12.1. The molecule has 1 amide bonds. The SMILES string of the molecule is CCC(C)(C(=O)Nc1ccc(Br)cn1)C(N)=S. The molecule has 0 aliphatic heterocycles. The van der Waals surface area contributed by atoms with Gasteiger partial charge in [-0.3, -0.25) is 4.79 Å². The molecule has 6 heteroatoms. The lowest BCUT2D eigenvalue weighted by Gasteiger charge is -2.25. The Labute approximate surface area is 114 Å². The molecule has 0 saturated carbocycles. The van der Waals surface area contributed by atoms with E-state index >= 15 is 0 Å². The zero-order chi connectivity index (χ0) is 13.1. The molecule has 0 aromatic carbocycles. The predicted molar refractivity (Wildman–Crippen MR) is 75.8 cm³/mol. The normalized spacial score (nSPS) is 13.8. The highest BCUT2D eigenvalue weighted by Gasteiger charge is 2.34. The molecular formula is C11H14BrN3OS. The first kappa shape index (κ1) is 14.1. The second-order valence-corrected chi connectivity index (χ2v) is 5.22. The van der Waals surface area contributed by atoms with Crippen LogP contribution in [0.25, 0.3) is 0 Å². The number of aromatic nitrogens is 1. The van der Waals surface area contributed by atoms with Gasteiger partial charge in [0.05, 0.1) is 10.4 Å². The second kappa shape index (κ2) is 5.55. The van der Waals surface area contributed by atoms with Gasteiger partial charge in [0.2, 0.25) is 5.91 Å². The smallest absolute Gasteiger partial charge is 0.238 e. The summed E-state index contributed by atoms with van der Waals surface area (Å²) < 4.78 is 0.850. The minimum absolute atomic E-state index is 0.189. The Kier molecular flexibility index (Phi) is 4.59. The van der Waals surface area contributed by atoms with Gasteiger partial charge in [-0.2, -0.15) is 0 Å². The van der Waals surface area contributed by atoms with Crippen LogP contribution >= 0.6 is 28.1 Å². The topological polar surface area (TPSA) is 68.0 Å². The van der Waals surface area contributed by atoms with Crippen LogP contribution in [0.4, 0.5) is 5.82 Å². The molecule has 4 nitrogen and oxygen atoms in total. The van der Waals surface area contributed by atoms with Gasteiger partial charge in [0.25, 0.3) is 0 Å². The molecule has 17 heavy (non-hydrogen) atoms. The average Bonchev–Trinajstić information content (AvgIpc) is 2.30. The number of nitrogens with two attached hydrogens (primary N) is 1. The molecule has 0 saturated heterocycles. The number of thiocarbonyl (C=S) groups is 1. The molecule has 92 valence electrons. The van der Waals surface area contributed by atoms with Crippen LogP contribution in [0.5, 0.6) is 0 Å². The van der Waals surface area contributed by atoms with Crippen molar-refractivity contribution >= 4 is 44.9 Å². The number of hydrogen-bond acceptors (Lipinski definition) is 3. The van der Waals surface area contributed by atoms with Crippen molar-refractivity contribution in [1.29, 1.82) is 0 Å². The minimum Gasteiger partial charge on any atom is -0.392 e. The lowest BCUT2D eigenvalue weighted by molar-refractivity contribution is -0.121. The molecule has 1 aromatic rings. The third-order valence-corrected chi connectivity index (χ3v) is 3.64. The lowest BCUT2D eigenvalue weighted by atomic mass is 9.86. The van der Waals surface area contributed by atoms with Crippen LogP contribution in [0.1, 0.15) is 20.3 Å². The van der Waals surface area contributed by atoms with Crippen molar-refractivity contribution in [2.45, 2.75) is 20.3 Å². The summed E-state index contributed by atoms with van der Waals surface area (Å²) in [7, 11) is 0. The third-order valence-electron chi connectivity index (χ3n) is 2.72. The number of nitrogens with one attached hydrogen (secondary N) is 1. The van der Waals surface area contributed by atoms with E-state index in [1.165, 1.54) is 0 Å². The molecule has 0 aliphatic carbocycles. The number of amides is 1. The summed E-state index contributed by atoms with van der Waals surface area (Å²) in [5.41, 5.74) is 4.76. The molecule has 1 atom stereocenters. The van der Waals surface area contributed by atoms with E-state index in [1.807, 2.05) is 6.92 Å². The zero-order valence-corrected chi connectivity index (χ0v) is 12.1. The molecule has 1 rings (SSSR count). The van der Waals surface area contributed by atoms with Crippen LogP contribution in [0.15, 0.2) is 22.8 Å². The number of halogens is 1. The average molecular weight is 316 g/mol. The van der Waals surface area contributed by atoms with E-state index in [9.17, 15) is 4.79 Å². The maximum absolute atomic E-state index is 12.1. The van der Waals surface area contributed by atoms with E-state index in [4.69, 9.17) is 18.0 Å². The fourth-order valence-corrected chi connectivity index (χ4v) is 1.62. The van der Waals surface area contributed by atoms with E-state index < -0.39 is 5.41 Å². The molecule has 1 heterocycles. The molecule has 0 radical (unpaired) electrons. The van der Waals surface area contributed by atoms with Gasteiger partial charge in [-0.25, -0.2) is 4.98 Å². The van der Waals surface area contributed by atoms with Crippen molar-refractivity contribution in [3.05, 3.63) is 22.8 Å². The first-order valence-electron chi connectivity index (χ1n) is 5.13. The molecule has 1 aromatic heterocycles. The summed E-state index contributed by atoms with van der Waals surface area (Å²) >= 11 is 8.20. The number of rotatable bonds is 4. The van der Waals surface area contributed by atoms with Gasteiger partial charge in [0, 0.05) is 10.7 Å². The lowest BCUT2D eigenvalue weighted by Crippen LogP contribution is -2.43. The Balaban J connectivity index is 2.85. The standard InChI is InChI=1S/C11H14BrN3OS/c1-3-11(2,9(13)17)10(16)15-8-5-4-7(12)6-14-8/h4-6H,3H2,1-2H3,(H2,13,17)(H,14,15,16). The first-order chi connectivity index (χ1) is 7.90. The van der Waals surface area contributed by atoms with E-state index in [2.05, 4.69) is 26.2 Å². The maximum Gasteiger partial charge on any atom is 0.238 e. The van der Waals surface area contributed by atoms with Crippen LogP contribution in [0.3, 0.4) is 0 Å². The van der Waals surface area contributed by atoms with Crippen LogP contribution in [0.2, 0.25) is 0 Å². The van der Waals surface area contributed by atoms with E-state index in [-0.39, 0.29) is 10.9 Å². The van der Waals surface area contributed by atoms with Gasteiger partial charge in [0.15, 0.2) is 0 Å². The van der Waals surface area contributed by atoms with Crippen LogP contribution in [-0.2, 0) is 4.79 Å². The highest BCUT2D eigenvalue weighted by atomic mass is 79.9. The number of carbonyl (C=O) groups is 1. The molecule has 0 spiro atoms. The number of carbonyl (C=O) groups excluding carboxylic acids is 1. The summed E-state index contributed by atoms with van der Waals surface area (Å²) in [6.45, 7) is 3.59. The van der Waals surface area contributed by atoms with Gasteiger partial charge in [-0.1, -0.05) is 19.1 Å². The largest absolute Gasteiger partial charge is 0.392 e. The predicted octanol–water partition coefficient (Wildman–Crippen LogP) is 2.48. The highest BCUT2D eigenvalue weighted by molar-refractivity contribution is 9.10. The van der Waals surface area contributed by atoms with Crippen LogP contribution in [0, 0.1) is 5.41 Å². The van der Waals surface area contributed by atoms with Crippen molar-refractivity contribution in [3.63, 3.8) is 0 Å². The zero-order valence-electron chi connectivity index (χ0n) is 9.66.